The molecule has 2 aromatic carbocycles. The zero-order chi connectivity index (χ0) is 18.4. The van der Waals surface area contributed by atoms with E-state index in [0.29, 0.717) is 17.0 Å². The number of rotatable bonds is 8. The molecule has 0 amide bonds. The van der Waals surface area contributed by atoms with Crippen molar-refractivity contribution in [3.63, 3.8) is 0 Å². The fourth-order valence-electron chi connectivity index (χ4n) is 2.66. The van der Waals surface area contributed by atoms with Gasteiger partial charge in [-0.1, -0.05) is 24.3 Å². The lowest BCUT2D eigenvalue weighted by molar-refractivity contribution is 0.170. The molecule has 136 valence electrons. The summed E-state index contributed by atoms with van der Waals surface area (Å²) in [4.78, 5) is 2.50. The van der Waals surface area contributed by atoms with Gasteiger partial charge in [-0.15, -0.1) is 0 Å². The van der Waals surface area contributed by atoms with Crippen LogP contribution in [0.1, 0.15) is 18.6 Å². The van der Waals surface area contributed by atoms with Gasteiger partial charge >= 0.3 is 0 Å². The SMILES string of the molecule is CC(CN(C)c1ccccc1)NCC(O)c1ccc(O)c([S+](C)[O-])c1. The molecule has 3 unspecified atom stereocenters. The number of aliphatic hydroxyl groups is 1. The molecular weight excluding hydrogens is 336 g/mol. The van der Waals surface area contributed by atoms with Crippen LogP contribution in [0.5, 0.6) is 5.75 Å². The van der Waals surface area contributed by atoms with Crippen LogP contribution in [0.3, 0.4) is 0 Å². The fourth-order valence-corrected chi connectivity index (χ4v) is 3.33. The molecule has 3 atom stereocenters. The van der Waals surface area contributed by atoms with Crippen LogP contribution in [-0.2, 0) is 11.2 Å². The minimum Gasteiger partial charge on any atom is -0.612 e. The molecule has 0 aliphatic heterocycles. The number of benzene rings is 2. The first-order valence-electron chi connectivity index (χ1n) is 8.22. The van der Waals surface area contributed by atoms with Gasteiger partial charge in [0.15, 0.2) is 10.6 Å². The number of nitrogens with zero attached hydrogens (tertiary/aromatic N) is 1. The van der Waals surface area contributed by atoms with E-state index in [2.05, 4.69) is 29.3 Å². The lowest BCUT2D eigenvalue weighted by Crippen LogP contribution is -2.39. The van der Waals surface area contributed by atoms with Crippen molar-refractivity contribution in [1.82, 2.24) is 5.32 Å². The van der Waals surface area contributed by atoms with E-state index in [1.807, 2.05) is 25.2 Å². The molecule has 0 bridgehead atoms. The Balaban J connectivity index is 1.89. The fraction of sp³-hybridized carbons (Fsp3) is 0.368. The third-order valence-corrected chi connectivity index (χ3v) is 5.03. The number of phenolic OH excluding ortho intramolecular Hbond substituents is 1. The predicted octanol–water partition coefficient (Wildman–Crippen LogP) is 2.28. The summed E-state index contributed by atoms with van der Waals surface area (Å²) >= 11 is -1.30. The van der Waals surface area contributed by atoms with E-state index in [-0.39, 0.29) is 11.8 Å². The van der Waals surface area contributed by atoms with Gasteiger partial charge < -0.3 is 25.0 Å². The van der Waals surface area contributed by atoms with E-state index in [4.69, 9.17) is 0 Å². The molecule has 0 aliphatic rings. The highest BCUT2D eigenvalue weighted by Crippen LogP contribution is 2.26. The second kappa shape index (κ2) is 9.10. The minimum absolute atomic E-state index is 0.0115. The van der Waals surface area contributed by atoms with Crippen molar-refractivity contribution in [3.05, 3.63) is 54.1 Å². The first kappa shape index (κ1) is 19.6. The molecule has 0 aliphatic carbocycles. The van der Waals surface area contributed by atoms with Crippen molar-refractivity contribution in [1.29, 1.82) is 0 Å². The molecule has 3 N–H and O–H groups in total. The molecule has 25 heavy (non-hydrogen) atoms. The maximum Gasteiger partial charge on any atom is 0.194 e. The zero-order valence-corrected chi connectivity index (χ0v) is 15.7. The van der Waals surface area contributed by atoms with Gasteiger partial charge in [-0.3, -0.25) is 0 Å². The Hall–Kier alpha value is -1.73. The molecule has 0 aromatic heterocycles. The van der Waals surface area contributed by atoms with Gasteiger partial charge in [0.05, 0.1) is 6.10 Å². The Morgan fingerprint density at radius 1 is 1.20 bits per heavy atom. The Kier molecular flexibility index (Phi) is 7.13. The third kappa shape index (κ3) is 5.64. The van der Waals surface area contributed by atoms with Crippen molar-refractivity contribution < 1.29 is 14.8 Å². The van der Waals surface area contributed by atoms with E-state index < -0.39 is 17.3 Å². The zero-order valence-electron chi connectivity index (χ0n) is 14.8. The van der Waals surface area contributed by atoms with Gasteiger partial charge in [0, 0.05) is 37.9 Å². The van der Waals surface area contributed by atoms with Crippen LogP contribution in [0.25, 0.3) is 0 Å². The summed E-state index contributed by atoms with van der Waals surface area (Å²) in [6.45, 7) is 3.25. The number of para-hydroxylation sites is 1. The lowest BCUT2D eigenvalue weighted by atomic mass is 10.1. The smallest absolute Gasteiger partial charge is 0.194 e. The maximum atomic E-state index is 11.6. The topological polar surface area (TPSA) is 78.8 Å². The monoisotopic (exact) mass is 362 g/mol. The quantitative estimate of drug-likeness (QED) is 0.628. The summed E-state index contributed by atoms with van der Waals surface area (Å²) < 4.78 is 11.6. The summed E-state index contributed by atoms with van der Waals surface area (Å²) in [7, 11) is 2.03. The van der Waals surface area contributed by atoms with Crippen molar-refractivity contribution in [3.8, 4) is 5.75 Å². The number of nitrogens with one attached hydrogen (secondary N) is 1. The average molecular weight is 362 g/mol. The third-order valence-electron chi connectivity index (χ3n) is 4.08. The number of aromatic hydroxyl groups is 1. The van der Waals surface area contributed by atoms with Crippen LogP contribution in [0.4, 0.5) is 5.69 Å². The number of hydrogen-bond acceptors (Lipinski definition) is 5. The van der Waals surface area contributed by atoms with E-state index in [1.54, 1.807) is 12.1 Å². The molecule has 0 heterocycles. The molecule has 0 spiro atoms. The Bertz CT molecular complexity index is 667. The summed E-state index contributed by atoms with van der Waals surface area (Å²) in [6.07, 6.45) is 0.776. The van der Waals surface area contributed by atoms with Gasteiger partial charge in [0.2, 0.25) is 0 Å². The van der Waals surface area contributed by atoms with Crippen LogP contribution in [0.2, 0.25) is 0 Å². The summed E-state index contributed by atoms with van der Waals surface area (Å²) in [6, 6.07) is 15.0. The summed E-state index contributed by atoms with van der Waals surface area (Å²) in [5.41, 5.74) is 1.78. The second-order valence-corrected chi connectivity index (χ2v) is 7.57. The standard InChI is InChI=1S/C19H26N2O3S/c1-14(13-21(2)16-7-5-4-6-8-16)20-12-18(23)15-9-10-17(22)19(11-15)25(3)24/h4-11,14,18,20,22-23H,12-13H2,1-3H3. The Morgan fingerprint density at radius 3 is 2.52 bits per heavy atom. The largest absolute Gasteiger partial charge is 0.612 e. The van der Waals surface area contributed by atoms with Gasteiger partial charge in [-0.05, 0) is 41.9 Å². The molecule has 0 saturated heterocycles. The molecule has 0 radical (unpaired) electrons. The van der Waals surface area contributed by atoms with Crippen molar-refractivity contribution in [2.24, 2.45) is 0 Å². The Labute approximate surface area is 152 Å². The van der Waals surface area contributed by atoms with Gasteiger partial charge in [-0.2, -0.15) is 0 Å². The maximum absolute atomic E-state index is 11.6. The Morgan fingerprint density at radius 2 is 1.88 bits per heavy atom. The van der Waals surface area contributed by atoms with Crippen molar-refractivity contribution in [2.75, 3.05) is 31.3 Å². The number of aliphatic hydroxyl groups excluding tert-OH is 1. The summed E-state index contributed by atoms with van der Waals surface area (Å²) in [5, 5.41) is 23.4. The molecule has 5 nitrogen and oxygen atoms in total. The summed E-state index contributed by atoms with van der Waals surface area (Å²) in [5.74, 6) is -0.0115. The minimum atomic E-state index is -1.30. The molecule has 2 aromatic rings. The molecule has 0 saturated carbocycles. The van der Waals surface area contributed by atoms with Crippen LogP contribution in [-0.4, -0.2) is 47.2 Å². The highest BCUT2D eigenvalue weighted by Gasteiger charge is 2.17. The van der Waals surface area contributed by atoms with Gasteiger partial charge in [0.25, 0.3) is 0 Å². The predicted molar refractivity (Wildman–Crippen MR) is 103 cm³/mol. The van der Waals surface area contributed by atoms with Crippen LogP contribution in [0, 0.1) is 0 Å². The highest BCUT2D eigenvalue weighted by molar-refractivity contribution is 7.90. The van der Waals surface area contributed by atoms with Crippen LogP contribution >= 0.6 is 0 Å². The van der Waals surface area contributed by atoms with Crippen LogP contribution < -0.4 is 10.2 Å². The lowest BCUT2D eigenvalue weighted by Gasteiger charge is -2.25. The van der Waals surface area contributed by atoms with Gasteiger partial charge in [-0.25, -0.2) is 0 Å². The average Bonchev–Trinajstić information content (AvgIpc) is 2.60. The first-order chi connectivity index (χ1) is 11.9. The highest BCUT2D eigenvalue weighted by atomic mass is 32.2. The van der Waals surface area contributed by atoms with Gasteiger partial charge in [0.1, 0.15) is 6.26 Å². The first-order valence-corrected chi connectivity index (χ1v) is 9.78. The normalized spacial score (nSPS) is 14.8. The number of hydrogen-bond donors (Lipinski definition) is 3. The number of anilines is 1. The van der Waals surface area contributed by atoms with E-state index >= 15 is 0 Å². The van der Waals surface area contributed by atoms with Crippen molar-refractivity contribution in [2.45, 2.75) is 24.0 Å². The molecular formula is C19H26N2O3S. The number of phenols is 1. The second-order valence-electron chi connectivity index (χ2n) is 6.22. The number of likely N-dealkylation sites (N-methyl/N-ethyl adjacent to an activating group) is 1. The molecule has 2 rings (SSSR count). The van der Waals surface area contributed by atoms with E-state index in [9.17, 15) is 14.8 Å². The van der Waals surface area contributed by atoms with Crippen LogP contribution in [0.15, 0.2) is 53.4 Å². The molecule has 6 heteroatoms. The molecule has 0 fully saturated rings. The van der Waals surface area contributed by atoms with E-state index in [1.165, 1.54) is 12.3 Å². The van der Waals surface area contributed by atoms with Crippen molar-refractivity contribution >= 4 is 16.9 Å². The van der Waals surface area contributed by atoms with E-state index in [0.717, 1.165) is 12.2 Å².